The van der Waals surface area contributed by atoms with E-state index >= 15 is 0 Å². The van der Waals surface area contributed by atoms with Crippen molar-refractivity contribution in [3.63, 3.8) is 0 Å². The summed E-state index contributed by atoms with van der Waals surface area (Å²) < 4.78 is 21.1. The maximum absolute atomic E-state index is 14.8. The second kappa shape index (κ2) is 15.0. The molecule has 13 heteroatoms. The maximum atomic E-state index is 14.8. The minimum atomic E-state index is -0.266. The third-order valence-corrected chi connectivity index (χ3v) is 10.4. The highest BCUT2D eigenvalue weighted by Gasteiger charge is 2.33. The van der Waals surface area contributed by atoms with E-state index in [-0.39, 0.29) is 42.8 Å². The van der Waals surface area contributed by atoms with Gasteiger partial charge in [0.1, 0.15) is 5.75 Å². The van der Waals surface area contributed by atoms with E-state index in [2.05, 4.69) is 33.6 Å². The molecule has 0 unspecified atom stereocenters. The quantitative estimate of drug-likeness (QED) is 0.208. The van der Waals surface area contributed by atoms with Gasteiger partial charge >= 0.3 is 0 Å². The number of amides is 2. The van der Waals surface area contributed by atoms with Gasteiger partial charge in [-0.3, -0.25) is 24.1 Å². The maximum Gasteiger partial charge on any atom is 0.264 e. The Kier molecular flexibility index (Phi) is 10.2. The Balaban J connectivity index is 0.00000435. The zero-order valence-electron chi connectivity index (χ0n) is 30.0. The van der Waals surface area contributed by atoms with Gasteiger partial charge < -0.3 is 28.8 Å². The fourth-order valence-corrected chi connectivity index (χ4v) is 7.50. The summed E-state index contributed by atoms with van der Waals surface area (Å²) in [5, 5.41) is 14.4. The number of anilines is 2. The smallest absolute Gasteiger partial charge is 0.264 e. The Labute approximate surface area is 314 Å². The SMILES string of the molecule is Cc1c(C(=O)N(c2ccc(O)cc2)c2cnn(C)c2)cc(-c2cc3c(cc2C(=O)N2Cc4ccccc4C[C@H]2C)OCO3)n1CCN1CCOCC1.Cl. The summed E-state index contributed by atoms with van der Waals surface area (Å²) in [6.45, 7) is 8.89. The number of hydrogen-bond donors (Lipinski definition) is 1. The summed E-state index contributed by atoms with van der Waals surface area (Å²) in [7, 11) is 1.80. The number of carbonyl (C=O) groups excluding carboxylic acids is 2. The van der Waals surface area contributed by atoms with Crippen molar-refractivity contribution in [3.8, 4) is 28.5 Å². The Hall–Kier alpha value is -5.30. The number of benzene rings is 3. The first-order valence-electron chi connectivity index (χ1n) is 17.7. The van der Waals surface area contributed by atoms with Crippen molar-refractivity contribution >= 4 is 35.6 Å². The molecular formula is C40H43ClN6O6. The average Bonchev–Trinajstić information content (AvgIpc) is 3.89. The molecule has 0 saturated carbocycles. The lowest BCUT2D eigenvalue weighted by Gasteiger charge is -2.35. The molecule has 3 aliphatic rings. The molecule has 0 aliphatic carbocycles. The number of fused-ring (bicyclic) bond motifs is 2. The normalized spacial score (nSPS) is 16.6. The number of aryl methyl sites for hydroxylation is 1. The van der Waals surface area contributed by atoms with Gasteiger partial charge in [-0.15, -0.1) is 12.4 Å². The summed E-state index contributed by atoms with van der Waals surface area (Å²) in [4.78, 5) is 35.5. The van der Waals surface area contributed by atoms with Crippen LogP contribution < -0.4 is 14.4 Å². The number of phenolic OH excluding ortho intramolecular Hbond substituents is 1. The zero-order chi connectivity index (χ0) is 35.9. The van der Waals surface area contributed by atoms with Crippen LogP contribution in [0, 0.1) is 6.92 Å². The number of aromatic hydroxyl groups is 1. The molecule has 0 bridgehead atoms. The minimum Gasteiger partial charge on any atom is -0.508 e. The van der Waals surface area contributed by atoms with Crippen LogP contribution in [0.5, 0.6) is 17.2 Å². The zero-order valence-corrected chi connectivity index (χ0v) is 30.8. The monoisotopic (exact) mass is 738 g/mol. The van der Waals surface area contributed by atoms with Crippen molar-refractivity contribution in [2.75, 3.05) is 44.5 Å². The molecule has 276 valence electrons. The molecule has 3 aromatic carbocycles. The highest BCUT2D eigenvalue weighted by atomic mass is 35.5. The van der Waals surface area contributed by atoms with Crippen LogP contribution in [-0.2, 0) is 31.3 Å². The third kappa shape index (κ3) is 6.97. The minimum absolute atomic E-state index is 0. The summed E-state index contributed by atoms with van der Waals surface area (Å²) in [5.74, 6) is 0.796. The molecule has 0 radical (unpaired) electrons. The standard InChI is InChI=1S/C40H42N6O6.ClH/c1-26-18-28-6-4-5-7-29(28)23-45(26)39(48)35-21-38-37(51-25-52-38)20-34(35)36-19-33(27(2)44(36)13-12-43-14-16-50-17-15-43)40(49)46(31-22-41-42(3)24-31)30-8-10-32(47)11-9-30;/h4-11,19-22,24,26,47H,12-18,23,25H2,1-3H3;1H/t26-;/m1./s1. The number of carbonyl (C=O) groups is 2. The lowest BCUT2D eigenvalue weighted by molar-refractivity contribution is 0.0364. The van der Waals surface area contributed by atoms with Gasteiger partial charge in [0, 0.05) is 69.0 Å². The van der Waals surface area contributed by atoms with Gasteiger partial charge in [0.2, 0.25) is 6.79 Å². The number of nitrogens with zero attached hydrogens (tertiary/aromatic N) is 6. The number of morpholine rings is 1. The van der Waals surface area contributed by atoms with Gasteiger partial charge in [-0.25, -0.2) is 0 Å². The molecule has 2 aromatic heterocycles. The van der Waals surface area contributed by atoms with Crippen molar-refractivity contribution < 1.29 is 28.9 Å². The lowest BCUT2D eigenvalue weighted by atomic mass is 9.93. The summed E-state index contributed by atoms with van der Waals surface area (Å²) in [6, 6.07) is 20.4. The summed E-state index contributed by atoms with van der Waals surface area (Å²) in [5.41, 5.74) is 6.69. The second-order valence-corrected chi connectivity index (χ2v) is 13.7. The average molecular weight is 739 g/mol. The van der Waals surface area contributed by atoms with Crippen LogP contribution in [0.1, 0.15) is 44.5 Å². The molecule has 53 heavy (non-hydrogen) atoms. The van der Waals surface area contributed by atoms with Crippen LogP contribution >= 0.6 is 12.4 Å². The first-order chi connectivity index (χ1) is 25.2. The van der Waals surface area contributed by atoms with Gasteiger partial charge in [-0.2, -0.15) is 5.10 Å². The van der Waals surface area contributed by atoms with E-state index in [1.807, 2.05) is 36.1 Å². The number of ether oxygens (including phenoxy) is 3. The van der Waals surface area contributed by atoms with E-state index < -0.39 is 0 Å². The van der Waals surface area contributed by atoms with Crippen LogP contribution in [0.4, 0.5) is 11.4 Å². The van der Waals surface area contributed by atoms with E-state index in [9.17, 15) is 14.7 Å². The largest absolute Gasteiger partial charge is 0.508 e. The molecule has 5 heterocycles. The molecule has 1 atom stereocenters. The predicted molar refractivity (Wildman–Crippen MR) is 203 cm³/mol. The van der Waals surface area contributed by atoms with Gasteiger partial charge in [0.05, 0.1) is 41.9 Å². The van der Waals surface area contributed by atoms with Crippen molar-refractivity contribution in [1.82, 2.24) is 24.1 Å². The Morgan fingerprint density at radius 3 is 2.36 bits per heavy atom. The molecule has 1 fully saturated rings. The van der Waals surface area contributed by atoms with Crippen LogP contribution in [0.15, 0.2) is 79.1 Å². The molecule has 1 saturated heterocycles. The van der Waals surface area contributed by atoms with Crippen LogP contribution in [0.3, 0.4) is 0 Å². The third-order valence-electron chi connectivity index (χ3n) is 10.4. The molecule has 2 amide bonds. The number of halogens is 1. The Bertz CT molecular complexity index is 2140. The molecule has 12 nitrogen and oxygen atoms in total. The van der Waals surface area contributed by atoms with E-state index in [1.165, 1.54) is 5.56 Å². The van der Waals surface area contributed by atoms with Crippen molar-refractivity contribution in [3.05, 3.63) is 107 Å². The van der Waals surface area contributed by atoms with Crippen LogP contribution in [-0.4, -0.2) is 86.8 Å². The van der Waals surface area contributed by atoms with Crippen molar-refractivity contribution in [1.29, 1.82) is 0 Å². The van der Waals surface area contributed by atoms with Crippen molar-refractivity contribution in [2.24, 2.45) is 7.05 Å². The number of hydrogen-bond acceptors (Lipinski definition) is 8. The first kappa shape index (κ1) is 36.1. The summed E-state index contributed by atoms with van der Waals surface area (Å²) >= 11 is 0. The lowest BCUT2D eigenvalue weighted by Crippen LogP contribution is -2.42. The van der Waals surface area contributed by atoms with Gasteiger partial charge in [0.25, 0.3) is 11.8 Å². The topological polar surface area (TPSA) is 115 Å². The van der Waals surface area contributed by atoms with Crippen LogP contribution in [0.25, 0.3) is 11.3 Å². The molecule has 5 aromatic rings. The first-order valence-corrected chi connectivity index (χ1v) is 17.7. The van der Waals surface area contributed by atoms with Crippen molar-refractivity contribution in [2.45, 2.75) is 39.4 Å². The van der Waals surface area contributed by atoms with Gasteiger partial charge in [-0.05, 0) is 73.9 Å². The van der Waals surface area contributed by atoms with E-state index in [0.717, 1.165) is 43.0 Å². The Morgan fingerprint density at radius 2 is 1.64 bits per heavy atom. The summed E-state index contributed by atoms with van der Waals surface area (Å²) in [6.07, 6.45) is 4.18. The highest BCUT2D eigenvalue weighted by Crippen LogP contribution is 2.42. The number of aromatic nitrogens is 3. The van der Waals surface area contributed by atoms with Gasteiger partial charge in [0.15, 0.2) is 11.5 Å². The fraction of sp³-hybridized carbons (Fsp3) is 0.325. The Morgan fingerprint density at radius 1 is 0.925 bits per heavy atom. The van der Waals surface area contributed by atoms with E-state index in [0.29, 0.717) is 65.9 Å². The molecule has 1 N–H and O–H groups in total. The molecule has 3 aliphatic heterocycles. The number of rotatable bonds is 8. The highest BCUT2D eigenvalue weighted by molar-refractivity contribution is 6.12. The van der Waals surface area contributed by atoms with E-state index in [4.69, 9.17) is 14.2 Å². The second-order valence-electron chi connectivity index (χ2n) is 13.7. The molecule has 0 spiro atoms. The predicted octanol–water partition coefficient (Wildman–Crippen LogP) is 5.95. The van der Waals surface area contributed by atoms with E-state index in [1.54, 1.807) is 59.4 Å². The van der Waals surface area contributed by atoms with Crippen LogP contribution in [0.2, 0.25) is 0 Å². The number of phenols is 1. The fourth-order valence-electron chi connectivity index (χ4n) is 7.50. The van der Waals surface area contributed by atoms with Gasteiger partial charge in [-0.1, -0.05) is 24.3 Å². The molecular weight excluding hydrogens is 696 g/mol. The molecule has 8 rings (SSSR count).